The van der Waals surface area contributed by atoms with E-state index in [0.29, 0.717) is 39.9 Å². The van der Waals surface area contributed by atoms with Gasteiger partial charge in [0.05, 0.1) is 40.4 Å². The lowest BCUT2D eigenvalue weighted by Gasteiger charge is -2.25. The van der Waals surface area contributed by atoms with Gasteiger partial charge in [-0.05, 0) is 25.1 Å². The second-order valence-corrected chi connectivity index (χ2v) is 6.53. The lowest BCUT2D eigenvalue weighted by molar-refractivity contribution is 0.104. The molecule has 2 aromatic rings. The van der Waals surface area contributed by atoms with E-state index in [2.05, 4.69) is 9.88 Å². The maximum absolute atomic E-state index is 12.8. The van der Waals surface area contributed by atoms with Crippen LogP contribution in [0.3, 0.4) is 0 Å². The number of morpholine rings is 1. The van der Waals surface area contributed by atoms with Crippen molar-refractivity contribution in [2.24, 2.45) is 0 Å². The van der Waals surface area contributed by atoms with Gasteiger partial charge in [0, 0.05) is 18.7 Å². The summed E-state index contributed by atoms with van der Waals surface area (Å²) in [5, 5.41) is 10.2. The third-order valence-electron chi connectivity index (χ3n) is 3.61. The monoisotopic (exact) mass is 347 g/mol. The van der Waals surface area contributed by atoms with Crippen LogP contribution in [0.25, 0.3) is 0 Å². The zero-order chi connectivity index (χ0) is 16.4. The van der Waals surface area contributed by atoms with E-state index in [1.54, 1.807) is 12.1 Å². The minimum Gasteiger partial charge on any atom is -0.378 e. The fraction of sp³-hybridized carbons (Fsp3) is 0.312. The van der Waals surface area contributed by atoms with Gasteiger partial charge < -0.3 is 9.64 Å². The van der Waals surface area contributed by atoms with Crippen molar-refractivity contribution in [1.29, 1.82) is 5.26 Å². The third kappa shape index (κ3) is 3.22. The van der Waals surface area contributed by atoms with Crippen molar-refractivity contribution in [2.75, 3.05) is 31.2 Å². The largest absolute Gasteiger partial charge is 0.378 e. The van der Waals surface area contributed by atoms with Gasteiger partial charge in [0.1, 0.15) is 0 Å². The summed E-state index contributed by atoms with van der Waals surface area (Å²) < 4.78 is 5.34. The molecule has 5 nitrogen and oxygen atoms in total. The number of carbonyl (C=O) groups is 1. The molecule has 1 fully saturated rings. The summed E-state index contributed by atoms with van der Waals surface area (Å²) in [6, 6.07) is 6.72. The molecule has 1 aromatic carbocycles. The standard InChI is InChI=1S/C16H14ClN3O2S/c1-10-15(23-16(19-10)20-4-6-22-7-5-20)14(21)12-8-11(9-18)2-3-13(12)17/h2-3,8H,4-7H2,1H3. The number of rotatable bonds is 3. The summed E-state index contributed by atoms with van der Waals surface area (Å²) >= 11 is 7.49. The molecule has 3 rings (SSSR count). The third-order valence-corrected chi connectivity index (χ3v) is 5.16. The zero-order valence-corrected chi connectivity index (χ0v) is 14.1. The number of nitriles is 1. The Morgan fingerprint density at radius 1 is 1.43 bits per heavy atom. The van der Waals surface area contributed by atoms with E-state index in [1.165, 1.54) is 17.4 Å². The molecule has 0 unspecified atom stereocenters. The quantitative estimate of drug-likeness (QED) is 0.798. The lowest BCUT2D eigenvalue weighted by Crippen LogP contribution is -2.36. The Morgan fingerprint density at radius 2 is 2.17 bits per heavy atom. The van der Waals surface area contributed by atoms with Crippen molar-refractivity contribution in [1.82, 2.24) is 4.98 Å². The van der Waals surface area contributed by atoms with Gasteiger partial charge in [-0.25, -0.2) is 4.98 Å². The first-order chi connectivity index (χ1) is 11.1. The Kier molecular flexibility index (Phi) is 4.62. The number of carbonyl (C=O) groups excluding carboxylic acids is 1. The molecule has 7 heteroatoms. The summed E-state index contributed by atoms with van der Waals surface area (Å²) in [7, 11) is 0. The van der Waals surface area contributed by atoms with Crippen LogP contribution in [0.1, 0.15) is 26.5 Å². The van der Waals surface area contributed by atoms with Gasteiger partial charge in [0.2, 0.25) is 5.78 Å². The molecule has 23 heavy (non-hydrogen) atoms. The van der Waals surface area contributed by atoms with Crippen LogP contribution in [-0.2, 0) is 4.74 Å². The number of thiazole rings is 1. The van der Waals surface area contributed by atoms with Crippen molar-refractivity contribution in [3.8, 4) is 6.07 Å². The minimum absolute atomic E-state index is 0.193. The van der Waals surface area contributed by atoms with E-state index in [9.17, 15) is 4.79 Å². The first kappa shape index (κ1) is 15.9. The smallest absolute Gasteiger partial charge is 0.206 e. The highest BCUT2D eigenvalue weighted by Crippen LogP contribution is 2.30. The molecule has 0 aliphatic carbocycles. The maximum atomic E-state index is 12.8. The molecule has 1 saturated heterocycles. The van der Waals surface area contributed by atoms with Gasteiger partial charge in [-0.15, -0.1) is 0 Å². The van der Waals surface area contributed by atoms with Gasteiger partial charge >= 0.3 is 0 Å². The molecule has 1 aromatic heterocycles. The molecule has 1 aliphatic heterocycles. The Bertz CT molecular complexity index is 791. The highest BCUT2D eigenvalue weighted by atomic mass is 35.5. The SMILES string of the molecule is Cc1nc(N2CCOCC2)sc1C(=O)c1cc(C#N)ccc1Cl. The predicted octanol–water partition coefficient (Wildman–Crippen LogP) is 3.04. The van der Waals surface area contributed by atoms with E-state index < -0.39 is 0 Å². The number of anilines is 1. The van der Waals surface area contributed by atoms with Crippen LogP contribution in [0.15, 0.2) is 18.2 Å². The van der Waals surface area contributed by atoms with Crippen molar-refractivity contribution in [3.63, 3.8) is 0 Å². The topological polar surface area (TPSA) is 66.2 Å². The number of ketones is 1. The van der Waals surface area contributed by atoms with Crippen LogP contribution in [0, 0.1) is 18.3 Å². The maximum Gasteiger partial charge on any atom is 0.206 e. The average molecular weight is 348 g/mol. The first-order valence-corrected chi connectivity index (χ1v) is 8.34. The molecular weight excluding hydrogens is 334 g/mol. The molecule has 0 atom stereocenters. The molecule has 2 heterocycles. The van der Waals surface area contributed by atoms with Gasteiger partial charge in [-0.2, -0.15) is 5.26 Å². The molecule has 0 radical (unpaired) electrons. The van der Waals surface area contributed by atoms with E-state index >= 15 is 0 Å². The van der Waals surface area contributed by atoms with E-state index in [0.717, 1.165) is 18.2 Å². The number of hydrogen-bond acceptors (Lipinski definition) is 6. The number of benzene rings is 1. The van der Waals surface area contributed by atoms with Gasteiger partial charge in [0.25, 0.3) is 0 Å². The molecule has 0 spiro atoms. The Balaban J connectivity index is 1.94. The number of ether oxygens (including phenoxy) is 1. The summed E-state index contributed by atoms with van der Waals surface area (Å²) in [6.45, 7) is 4.68. The number of nitrogens with zero attached hydrogens (tertiary/aromatic N) is 3. The fourth-order valence-corrected chi connectivity index (χ4v) is 3.65. The van der Waals surface area contributed by atoms with Crippen LogP contribution in [-0.4, -0.2) is 37.1 Å². The van der Waals surface area contributed by atoms with Crippen LogP contribution in [0.2, 0.25) is 5.02 Å². The fourth-order valence-electron chi connectivity index (χ4n) is 2.37. The second kappa shape index (κ2) is 6.67. The van der Waals surface area contributed by atoms with Crippen LogP contribution in [0.4, 0.5) is 5.13 Å². The molecular formula is C16H14ClN3O2S. The van der Waals surface area contributed by atoms with Crippen molar-refractivity contribution < 1.29 is 9.53 Å². The number of halogens is 1. The highest BCUT2D eigenvalue weighted by Gasteiger charge is 2.23. The second-order valence-electron chi connectivity index (χ2n) is 5.15. The van der Waals surface area contributed by atoms with Crippen molar-refractivity contribution in [2.45, 2.75) is 6.92 Å². The first-order valence-electron chi connectivity index (χ1n) is 7.14. The molecule has 0 N–H and O–H groups in total. The summed E-state index contributed by atoms with van der Waals surface area (Å²) in [5.74, 6) is -0.193. The summed E-state index contributed by atoms with van der Waals surface area (Å²) in [6.07, 6.45) is 0. The molecule has 0 bridgehead atoms. The van der Waals surface area contributed by atoms with Crippen molar-refractivity contribution in [3.05, 3.63) is 44.9 Å². The number of aromatic nitrogens is 1. The summed E-state index contributed by atoms with van der Waals surface area (Å²) in [5.41, 5.74) is 1.43. The Hall–Kier alpha value is -1.94. The average Bonchev–Trinajstić information content (AvgIpc) is 2.97. The zero-order valence-electron chi connectivity index (χ0n) is 12.5. The van der Waals surface area contributed by atoms with Gasteiger partial charge in [-0.1, -0.05) is 22.9 Å². The Labute approximate surface area is 143 Å². The lowest BCUT2D eigenvalue weighted by atomic mass is 10.1. The molecule has 1 aliphatic rings. The summed E-state index contributed by atoms with van der Waals surface area (Å²) in [4.78, 5) is 20.0. The predicted molar refractivity (Wildman–Crippen MR) is 89.5 cm³/mol. The Morgan fingerprint density at radius 3 is 2.87 bits per heavy atom. The van der Waals surface area contributed by atoms with Crippen LogP contribution in [0.5, 0.6) is 0 Å². The number of hydrogen-bond donors (Lipinski definition) is 0. The van der Waals surface area contributed by atoms with Gasteiger partial charge in [0.15, 0.2) is 5.13 Å². The highest BCUT2D eigenvalue weighted by molar-refractivity contribution is 7.17. The molecule has 118 valence electrons. The van der Waals surface area contributed by atoms with E-state index in [4.69, 9.17) is 21.6 Å². The van der Waals surface area contributed by atoms with Crippen LogP contribution >= 0.6 is 22.9 Å². The number of aryl methyl sites for hydroxylation is 1. The van der Waals surface area contributed by atoms with Crippen LogP contribution < -0.4 is 4.90 Å². The normalized spacial score (nSPS) is 14.6. The van der Waals surface area contributed by atoms with E-state index in [1.807, 2.05) is 13.0 Å². The molecule has 0 amide bonds. The van der Waals surface area contributed by atoms with E-state index in [-0.39, 0.29) is 5.78 Å². The molecule has 0 saturated carbocycles. The van der Waals surface area contributed by atoms with Gasteiger partial charge in [-0.3, -0.25) is 4.79 Å². The minimum atomic E-state index is -0.193. The van der Waals surface area contributed by atoms with Crippen molar-refractivity contribution >= 4 is 33.9 Å².